The summed E-state index contributed by atoms with van der Waals surface area (Å²) in [6.45, 7) is 1.82. The highest BCUT2D eigenvalue weighted by Gasteiger charge is 2.13. The zero-order valence-corrected chi connectivity index (χ0v) is 11.4. The van der Waals surface area contributed by atoms with Crippen molar-refractivity contribution in [3.05, 3.63) is 52.9 Å². The highest BCUT2D eigenvalue weighted by atomic mass is 35.5. The molecule has 2 N–H and O–H groups in total. The van der Waals surface area contributed by atoms with Gasteiger partial charge in [0.15, 0.2) is 0 Å². The van der Waals surface area contributed by atoms with Crippen molar-refractivity contribution in [1.82, 2.24) is 15.2 Å². The first kappa shape index (κ1) is 12.6. The number of nitrogens with one attached hydrogen (secondary N) is 2. The normalized spacial score (nSPS) is 10.7. The molecule has 2 heterocycles. The lowest BCUT2D eigenvalue weighted by Crippen LogP contribution is -2.13. The molecule has 1 amide bonds. The lowest BCUT2D eigenvalue weighted by Gasteiger charge is -2.07. The number of anilines is 1. The third kappa shape index (κ3) is 2.23. The Kier molecular flexibility index (Phi) is 3.12. The summed E-state index contributed by atoms with van der Waals surface area (Å²) in [5.41, 5.74) is 2.65. The number of aryl methyl sites for hydroxylation is 1. The molecule has 1 aromatic carbocycles. The average molecular weight is 287 g/mol. The van der Waals surface area contributed by atoms with Crippen molar-refractivity contribution >= 4 is 34.1 Å². The van der Waals surface area contributed by atoms with Gasteiger partial charge in [-0.05, 0) is 25.1 Å². The minimum absolute atomic E-state index is 0.295. The minimum atomic E-state index is -0.295. The maximum atomic E-state index is 12.2. The molecule has 0 aliphatic heterocycles. The Morgan fingerprint density at radius 3 is 3.00 bits per heavy atom. The van der Waals surface area contributed by atoms with E-state index in [1.165, 1.54) is 6.20 Å². The summed E-state index contributed by atoms with van der Waals surface area (Å²) in [6.07, 6.45) is 3.14. The van der Waals surface area contributed by atoms with Gasteiger partial charge in [0.05, 0.1) is 28.0 Å². The number of benzene rings is 1. The number of hydrogen-bond acceptors (Lipinski definition) is 3. The molecule has 100 valence electrons. The van der Waals surface area contributed by atoms with Crippen molar-refractivity contribution in [2.24, 2.45) is 0 Å². The number of aromatic nitrogens is 3. The summed E-state index contributed by atoms with van der Waals surface area (Å²) >= 11 is 6.07. The number of aromatic amines is 1. The number of nitrogens with zero attached hydrogens (tertiary/aromatic N) is 2. The van der Waals surface area contributed by atoms with E-state index >= 15 is 0 Å². The van der Waals surface area contributed by atoms with E-state index in [1.54, 1.807) is 12.3 Å². The number of hydrogen-bond donors (Lipinski definition) is 2. The molecule has 6 heteroatoms. The van der Waals surface area contributed by atoms with Gasteiger partial charge in [-0.2, -0.15) is 5.10 Å². The molecule has 3 aromatic rings. The van der Waals surface area contributed by atoms with Gasteiger partial charge >= 0.3 is 0 Å². The van der Waals surface area contributed by atoms with Crippen LogP contribution in [0.3, 0.4) is 0 Å². The molecule has 0 unspecified atom stereocenters. The molecule has 5 nitrogen and oxygen atoms in total. The zero-order chi connectivity index (χ0) is 14.1. The molecule has 0 bridgehead atoms. The fourth-order valence-corrected chi connectivity index (χ4v) is 2.25. The molecule has 20 heavy (non-hydrogen) atoms. The van der Waals surface area contributed by atoms with E-state index in [4.69, 9.17) is 11.6 Å². The first-order valence-electron chi connectivity index (χ1n) is 6.01. The van der Waals surface area contributed by atoms with E-state index in [9.17, 15) is 4.79 Å². The molecule has 0 saturated carbocycles. The van der Waals surface area contributed by atoms with Gasteiger partial charge in [-0.15, -0.1) is 0 Å². The number of amides is 1. The molecular formula is C14H11ClN4O. The Morgan fingerprint density at radius 2 is 2.20 bits per heavy atom. The quantitative estimate of drug-likeness (QED) is 0.760. The summed E-state index contributed by atoms with van der Waals surface area (Å²) < 4.78 is 0. The van der Waals surface area contributed by atoms with E-state index in [2.05, 4.69) is 20.5 Å². The van der Waals surface area contributed by atoms with Crippen LogP contribution in [0.25, 0.3) is 10.9 Å². The largest absolute Gasteiger partial charge is 0.321 e. The van der Waals surface area contributed by atoms with E-state index in [0.29, 0.717) is 16.3 Å². The Labute approximate surface area is 120 Å². The lowest BCUT2D eigenvalue weighted by atomic mass is 10.2. The summed E-state index contributed by atoms with van der Waals surface area (Å²) in [6, 6.07) is 7.20. The van der Waals surface area contributed by atoms with Crippen molar-refractivity contribution < 1.29 is 4.79 Å². The number of pyridine rings is 1. The third-order valence-corrected chi connectivity index (χ3v) is 3.28. The molecule has 0 aliphatic carbocycles. The van der Waals surface area contributed by atoms with Crippen LogP contribution in [0, 0.1) is 6.92 Å². The van der Waals surface area contributed by atoms with Crippen LogP contribution in [0.1, 0.15) is 16.1 Å². The molecular weight excluding hydrogens is 276 g/mol. The molecule has 0 spiro atoms. The van der Waals surface area contributed by atoms with Crippen LogP contribution in [-0.2, 0) is 0 Å². The second kappa shape index (κ2) is 4.94. The number of rotatable bonds is 2. The van der Waals surface area contributed by atoms with E-state index < -0.39 is 0 Å². The van der Waals surface area contributed by atoms with Crippen LogP contribution in [0.15, 0.2) is 36.7 Å². The highest BCUT2D eigenvalue weighted by molar-refractivity contribution is 6.34. The second-order valence-corrected chi connectivity index (χ2v) is 4.80. The molecule has 0 saturated heterocycles. The van der Waals surface area contributed by atoms with Gasteiger partial charge in [0.25, 0.3) is 5.91 Å². The van der Waals surface area contributed by atoms with Crippen LogP contribution >= 0.6 is 11.6 Å². The lowest BCUT2D eigenvalue weighted by molar-refractivity contribution is 0.102. The van der Waals surface area contributed by atoms with Gasteiger partial charge in [-0.25, -0.2) is 0 Å². The molecule has 0 fully saturated rings. The smallest absolute Gasteiger partial charge is 0.258 e. The standard InChI is InChI=1S/C14H11ClN4O/c1-8-5-11(15)9(6-16-8)14(20)18-12-3-2-4-13-10(12)7-17-19-13/h2-7H,1H3,(H,17,19)(H,18,20). The van der Waals surface area contributed by atoms with Gasteiger partial charge < -0.3 is 5.32 Å². The van der Waals surface area contributed by atoms with Crippen molar-refractivity contribution in [2.75, 3.05) is 5.32 Å². The fourth-order valence-electron chi connectivity index (χ4n) is 1.96. The maximum Gasteiger partial charge on any atom is 0.258 e. The van der Waals surface area contributed by atoms with Crippen molar-refractivity contribution in [3.63, 3.8) is 0 Å². The van der Waals surface area contributed by atoms with Crippen LogP contribution in [0.2, 0.25) is 5.02 Å². The number of carbonyl (C=O) groups is 1. The number of fused-ring (bicyclic) bond motifs is 1. The molecule has 0 atom stereocenters. The van der Waals surface area contributed by atoms with Gasteiger partial charge in [0, 0.05) is 17.3 Å². The Morgan fingerprint density at radius 1 is 1.35 bits per heavy atom. The first-order valence-corrected chi connectivity index (χ1v) is 6.38. The highest BCUT2D eigenvalue weighted by Crippen LogP contribution is 2.23. The summed E-state index contributed by atoms with van der Waals surface area (Å²) in [4.78, 5) is 16.3. The minimum Gasteiger partial charge on any atom is -0.321 e. The van der Waals surface area contributed by atoms with Crippen LogP contribution in [0.5, 0.6) is 0 Å². The number of carbonyl (C=O) groups excluding carboxylic acids is 1. The summed E-state index contributed by atoms with van der Waals surface area (Å²) in [7, 11) is 0. The van der Waals surface area contributed by atoms with Gasteiger partial charge in [0.2, 0.25) is 0 Å². The number of halogens is 1. The summed E-state index contributed by atoms with van der Waals surface area (Å²) in [5.74, 6) is -0.295. The second-order valence-electron chi connectivity index (χ2n) is 4.40. The topological polar surface area (TPSA) is 70.7 Å². The van der Waals surface area contributed by atoms with E-state index in [-0.39, 0.29) is 5.91 Å². The number of H-pyrrole nitrogens is 1. The van der Waals surface area contributed by atoms with Gasteiger partial charge in [-0.1, -0.05) is 17.7 Å². The van der Waals surface area contributed by atoms with Crippen LogP contribution in [0.4, 0.5) is 5.69 Å². The van der Waals surface area contributed by atoms with Crippen LogP contribution in [-0.4, -0.2) is 21.1 Å². The maximum absolute atomic E-state index is 12.2. The van der Waals surface area contributed by atoms with Crippen molar-refractivity contribution in [1.29, 1.82) is 0 Å². The molecule has 2 aromatic heterocycles. The van der Waals surface area contributed by atoms with Crippen molar-refractivity contribution in [3.8, 4) is 0 Å². The van der Waals surface area contributed by atoms with Crippen LogP contribution < -0.4 is 5.32 Å². The Hall–Kier alpha value is -2.40. The van der Waals surface area contributed by atoms with E-state index in [1.807, 2.05) is 25.1 Å². The first-order chi connectivity index (χ1) is 9.65. The van der Waals surface area contributed by atoms with E-state index in [0.717, 1.165) is 16.6 Å². The zero-order valence-electron chi connectivity index (χ0n) is 10.6. The summed E-state index contributed by atoms with van der Waals surface area (Å²) in [5, 5.41) is 10.9. The predicted octanol–water partition coefficient (Wildman–Crippen LogP) is 3.17. The molecule has 0 radical (unpaired) electrons. The molecule has 3 rings (SSSR count). The Balaban J connectivity index is 1.94. The monoisotopic (exact) mass is 286 g/mol. The van der Waals surface area contributed by atoms with Gasteiger partial charge in [0.1, 0.15) is 0 Å². The Bertz CT molecular complexity index is 797. The third-order valence-electron chi connectivity index (χ3n) is 2.97. The predicted molar refractivity (Wildman–Crippen MR) is 78.0 cm³/mol. The SMILES string of the molecule is Cc1cc(Cl)c(C(=O)Nc2cccc3[nH]ncc23)cn1. The average Bonchev–Trinajstić information content (AvgIpc) is 2.87. The molecule has 0 aliphatic rings. The van der Waals surface area contributed by atoms with Gasteiger partial charge in [-0.3, -0.25) is 14.9 Å². The fraction of sp³-hybridized carbons (Fsp3) is 0.0714. The van der Waals surface area contributed by atoms with Crippen molar-refractivity contribution in [2.45, 2.75) is 6.92 Å².